The van der Waals surface area contributed by atoms with Gasteiger partial charge in [0.05, 0.1) is 10.6 Å². The van der Waals surface area contributed by atoms with Gasteiger partial charge in [-0.2, -0.15) is 0 Å². The summed E-state index contributed by atoms with van der Waals surface area (Å²) < 4.78 is 28.8. The Morgan fingerprint density at radius 3 is 2.48 bits per heavy atom. The number of amides is 1. The minimum Gasteiger partial charge on any atom is -0.312 e. The molecule has 3 aromatic rings. The van der Waals surface area contributed by atoms with E-state index >= 15 is 0 Å². The number of para-hydroxylation sites is 1. The number of benzene rings is 3. The van der Waals surface area contributed by atoms with Crippen molar-refractivity contribution in [2.24, 2.45) is 0 Å². The van der Waals surface area contributed by atoms with Gasteiger partial charge >= 0.3 is 0 Å². The monoisotopic (exact) mass is 406 g/mol. The fourth-order valence-corrected chi connectivity index (χ4v) is 4.82. The molecule has 29 heavy (non-hydrogen) atoms. The predicted octanol–water partition coefficient (Wildman–Crippen LogP) is 3.99. The molecule has 6 heteroatoms. The maximum absolute atomic E-state index is 13.0. The summed E-state index contributed by atoms with van der Waals surface area (Å²) in [5.74, 6) is -0.0349. The summed E-state index contributed by atoms with van der Waals surface area (Å²) in [7, 11) is -3.74. The van der Waals surface area contributed by atoms with E-state index in [9.17, 15) is 13.2 Å². The number of anilines is 2. The van der Waals surface area contributed by atoms with Crippen LogP contribution in [0.4, 0.5) is 11.4 Å². The molecule has 1 heterocycles. The molecule has 0 bridgehead atoms. The molecule has 0 atom stereocenters. The van der Waals surface area contributed by atoms with E-state index in [1.54, 1.807) is 29.2 Å². The van der Waals surface area contributed by atoms with E-state index in [2.05, 4.69) is 4.72 Å². The normalized spacial score (nSPS) is 13.2. The molecule has 1 N–H and O–H groups in total. The Labute approximate surface area is 171 Å². The van der Waals surface area contributed by atoms with Crippen molar-refractivity contribution in [2.45, 2.75) is 24.7 Å². The van der Waals surface area contributed by atoms with E-state index in [-0.39, 0.29) is 10.8 Å². The van der Waals surface area contributed by atoms with Crippen molar-refractivity contribution in [3.63, 3.8) is 0 Å². The number of rotatable bonds is 5. The van der Waals surface area contributed by atoms with Gasteiger partial charge in [0.25, 0.3) is 10.0 Å². The van der Waals surface area contributed by atoms with Crippen LogP contribution < -0.4 is 9.62 Å². The number of hydrogen-bond acceptors (Lipinski definition) is 3. The molecule has 0 radical (unpaired) electrons. The van der Waals surface area contributed by atoms with Crippen LogP contribution in [-0.4, -0.2) is 20.9 Å². The second-order valence-electron chi connectivity index (χ2n) is 7.14. The summed E-state index contributed by atoms with van der Waals surface area (Å²) in [6.07, 6.45) is 1.29. The topological polar surface area (TPSA) is 66.5 Å². The van der Waals surface area contributed by atoms with E-state index in [1.165, 1.54) is 6.92 Å². The fraction of sp³-hybridized carbons (Fsp3) is 0.174. The molecule has 0 spiro atoms. The van der Waals surface area contributed by atoms with Gasteiger partial charge in [0.2, 0.25) is 5.91 Å². The molecule has 5 nitrogen and oxygen atoms in total. The predicted molar refractivity (Wildman–Crippen MR) is 115 cm³/mol. The molecule has 0 fully saturated rings. The largest absolute Gasteiger partial charge is 0.312 e. The molecule has 1 aliphatic rings. The zero-order valence-corrected chi connectivity index (χ0v) is 16.9. The van der Waals surface area contributed by atoms with Gasteiger partial charge in [0.15, 0.2) is 0 Å². The Balaban J connectivity index is 1.61. The number of fused-ring (bicyclic) bond motifs is 1. The quantitative estimate of drug-likeness (QED) is 0.697. The lowest BCUT2D eigenvalue weighted by atomic mass is 10.0. The average molecular weight is 407 g/mol. The molecule has 4 rings (SSSR count). The lowest BCUT2D eigenvalue weighted by molar-refractivity contribution is -0.116. The molecule has 0 saturated heterocycles. The van der Waals surface area contributed by atoms with E-state index in [0.29, 0.717) is 25.1 Å². The van der Waals surface area contributed by atoms with Crippen LogP contribution in [0.3, 0.4) is 0 Å². The molecular formula is C23H22N2O3S. The average Bonchev–Trinajstić information content (AvgIpc) is 3.14. The van der Waals surface area contributed by atoms with Gasteiger partial charge in [-0.05, 0) is 53.8 Å². The summed E-state index contributed by atoms with van der Waals surface area (Å²) in [5.41, 5.74) is 4.26. The van der Waals surface area contributed by atoms with Crippen LogP contribution in [0.25, 0.3) is 0 Å². The molecule has 0 saturated carbocycles. The molecule has 148 valence electrons. The highest BCUT2D eigenvalue weighted by Gasteiger charge is 2.25. The molecule has 0 unspecified atom stereocenters. The van der Waals surface area contributed by atoms with Crippen molar-refractivity contribution in [2.75, 3.05) is 16.2 Å². The number of nitrogens with zero attached hydrogens (tertiary/aromatic N) is 1. The smallest absolute Gasteiger partial charge is 0.261 e. The lowest BCUT2D eigenvalue weighted by Crippen LogP contribution is -2.25. The number of sulfonamides is 1. The maximum Gasteiger partial charge on any atom is 0.261 e. The second-order valence-corrected chi connectivity index (χ2v) is 8.82. The molecule has 3 aromatic carbocycles. The first-order valence-corrected chi connectivity index (χ1v) is 11.0. The first-order valence-electron chi connectivity index (χ1n) is 9.50. The molecule has 1 aliphatic heterocycles. The highest BCUT2D eigenvalue weighted by atomic mass is 32.2. The van der Waals surface area contributed by atoms with Crippen LogP contribution >= 0.6 is 0 Å². The van der Waals surface area contributed by atoms with Gasteiger partial charge in [-0.3, -0.25) is 9.52 Å². The van der Waals surface area contributed by atoms with Crippen LogP contribution in [0.5, 0.6) is 0 Å². The van der Waals surface area contributed by atoms with Crippen molar-refractivity contribution in [3.8, 4) is 0 Å². The highest BCUT2D eigenvalue weighted by Crippen LogP contribution is 2.31. The summed E-state index contributed by atoms with van der Waals surface area (Å²) in [4.78, 5) is 13.6. The van der Waals surface area contributed by atoms with Crippen molar-refractivity contribution in [1.82, 2.24) is 0 Å². The Kier molecular flexibility index (Phi) is 5.11. The van der Waals surface area contributed by atoms with Gasteiger partial charge in [-0.1, -0.05) is 48.5 Å². The van der Waals surface area contributed by atoms with Gasteiger partial charge < -0.3 is 4.90 Å². The fourth-order valence-electron chi connectivity index (χ4n) is 3.67. The molecule has 0 aliphatic carbocycles. The Morgan fingerprint density at radius 1 is 1.00 bits per heavy atom. The lowest BCUT2D eigenvalue weighted by Gasteiger charge is -2.16. The van der Waals surface area contributed by atoms with Gasteiger partial charge in [-0.25, -0.2) is 8.42 Å². The molecule has 0 aromatic heterocycles. The van der Waals surface area contributed by atoms with Crippen molar-refractivity contribution in [3.05, 3.63) is 89.5 Å². The Hall–Kier alpha value is -3.12. The van der Waals surface area contributed by atoms with Gasteiger partial charge in [0, 0.05) is 19.2 Å². The maximum atomic E-state index is 13.0. The van der Waals surface area contributed by atoms with Crippen molar-refractivity contribution < 1.29 is 13.2 Å². The summed E-state index contributed by atoms with van der Waals surface area (Å²) in [6, 6.07) is 22.3. The number of carbonyl (C=O) groups excluding carboxylic acids is 1. The number of carbonyl (C=O) groups is 1. The summed E-state index contributed by atoms with van der Waals surface area (Å²) >= 11 is 0. The first-order chi connectivity index (χ1) is 13.9. The zero-order valence-electron chi connectivity index (χ0n) is 16.1. The van der Waals surface area contributed by atoms with Crippen LogP contribution in [0.15, 0.2) is 77.7 Å². The standard InChI is InChI=1S/C23H22N2O3S/c1-17(26)25-14-13-20-16-21(11-12-23(20)25)29(27,28)24-22-10-6-5-9-19(22)15-18-7-3-2-4-8-18/h2-12,16,24H,13-15H2,1H3. The molecule has 1 amide bonds. The van der Waals surface area contributed by atoms with E-state index in [0.717, 1.165) is 22.4 Å². The van der Waals surface area contributed by atoms with E-state index in [4.69, 9.17) is 0 Å². The summed E-state index contributed by atoms with van der Waals surface area (Å²) in [6.45, 7) is 2.10. The second kappa shape index (κ2) is 7.72. The Bertz CT molecular complexity index is 1160. The SMILES string of the molecule is CC(=O)N1CCc2cc(S(=O)(=O)Nc3ccccc3Cc3ccccc3)ccc21. The van der Waals surface area contributed by atoms with Gasteiger partial charge in [-0.15, -0.1) is 0 Å². The highest BCUT2D eigenvalue weighted by molar-refractivity contribution is 7.92. The van der Waals surface area contributed by atoms with E-state index < -0.39 is 10.0 Å². The van der Waals surface area contributed by atoms with Crippen LogP contribution in [0.1, 0.15) is 23.6 Å². The number of nitrogens with one attached hydrogen (secondary N) is 1. The van der Waals surface area contributed by atoms with Crippen molar-refractivity contribution >= 4 is 27.3 Å². The minimum atomic E-state index is -3.74. The van der Waals surface area contributed by atoms with Crippen LogP contribution in [0.2, 0.25) is 0 Å². The Morgan fingerprint density at radius 2 is 1.72 bits per heavy atom. The zero-order chi connectivity index (χ0) is 20.4. The van der Waals surface area contributed by atoms with Gasteiger partial charge in [0.1, 0.15) is 0 Å². The van der Waals surface area contributed by atoms with Crippen molar-refractivity contribution in [1.29, 1.82) is 0 Å². The minimum absolute atomic E-state index is 0.0349. The third kappa shape index (κ3) is 4.03. The molecular weight excluding hydrogens is 384 g/mol. The van der Waals surface area contributed by atoms with E-state index in [1.807, 2.05) is 48.5 Å². The number of hydrogen-bond donors (Lipinski definition) is 1. The summed E-state index contributed by atoms with van der Waals surface area (Å²) in [5, 5.41) is 0. The van der Waals surface area contributed by atoms with Crippen LogP contribution in [0, 0.1) is 0 Å². The third-order valence-electron chi connectivity index (χ3n) is 5.14. The first kappa shape index (κ1) is 19.2. The van der Waals surface area contributed by atoms with Crippen LogP contribution in [-0.2, 0) is 27.7 Å². The third-order valence-corrected chi connectivity index (χ3v) is 6.50.